The highest BCUT2D eigenvalue weighted by atomic mass is 35.5. The molecule has 1 heterocycles. The Morgan fingerprint density at radius 2 is 2.00 bits per heavy atom. The van der Waals surface area contributed by atoms with Crippen LogP contribution in [0.5, 0.6) is 0 Å². The molecule has 2 N–H and O–H groups in total. The van der Waals surface area contributed by atoms with E-state index in [0.29, 0.717) is 11.7 Å². The van der Waals surface area contributed by atoms with Crippen LogP contribution < -0.4 is 5.73 Å². The number of hydrogen-bond donors (Lipinski definition) is 1. The van der Waals surface area contributed by atoms with Gasteiger partial charge in [0.2, 0.25) is 0 Å². The van der Waals surface area contributed by atoms with Crippen molar-refractivity contribution >= 4 is 17.4 Å². The van der Waals surface area contributed by atoms with Gasteiger partial charge in [-0.1, -0.05) is 37.6 Å². The number of benzene rings is 1. The highest BCUT2D eigenvalue weighted by Gasteiger charge is 2.13. The summed E-state index contributed by atoms with van der Waals surface area (Å²) in [6, 6.07) is 6.18. The van der Waals surface area contributed by atoms with Gasteiger partial charge in [0.05, 0.1) is 6.20 Å². The van der Waals surface area contributed by atoms with E-state index < -0.39 is 0 Å². The van der Waals surface area contributed by atoms with Crippen molar-refractivity contribution in [2.45, 2.75) is 32.6 Å². The predicted molar refractivity (Wildman–Crippen MR) is 81.4 cm³/mol. The van der Waals surface area contributed by atoms with E-state index in [2.05, 4.69) is 31.1 Å². The highest BCUT2D eigenvalue weighted by Crippen LogP contribution is 2.34. The number of anilines is 1. The first-order valence-corrected chi connectivity index (χ1v) is 7.03. The third kappa shape index (κ3) is 2.61. The van der Waals surface area contributed by atoms with E-state index >= 15 is 0 Å². The van der Waals surface area contributed by atoms with Crippen LogP contribution >= 0.6 is 11.6 Å². The molecular weight excluding hydrogens is 258 g/mol. The highest BCUT2D eigenvalue weighted by molar-refractivity contribution is 6.31. The number of aryl methyl sites for hydroxylation is 1. The first kappa shape index (κ1) is 13.9. The van der Waals surface area contributed by atoms with Gasteiger partial charge in [-0.3, -0.25) is 4.68 Å². The molecule has 19 heavy (non-hydrogen) atoms. The summed E-state index contributed by atoms with van der Waals surface area (Å²) in [6.07, 6.45) is 3.98. The van der Waals surface area contributed by atoms with Crippen molar-refractivity contribution in [1.82, 2.24) is 9.78 Å². The van der Waals surface area contributed by atoms with Crippen LogP contribution in [-0.2, 0) is 7.05 Å². The van der Waals surface area contributed by atoms with Crippen LogP contribution in [0.4, 0.5) is 5.82 Å². The minimum absolute atomic E-state index is 0.521. The van der Waals surface area contributed by atoms with Gasteiger partial charge in [0.25, 0.3) is 0 Å². The summed E-state index contributed by atoms with van der Waals surface area (Å²) < 4.78 is 1.66. The molecule has 0 amide bonds. The summed E-state index contributed by atoms with van der Waals surface area (Å²) in [5.74, 6) is 1.18. The molecule has 0 fully saturated rings. The van der Waals surface area contributed by atoms with Crippen molar-refractivity contribution in [3.8, 4) is 11.1 Å². The van der Waals surface area contributed by atoms with Crippen molar-refractivity contribution in [3.05, 3.63) is 35.0 Å². The maximum absolute atomic E-state index is 6.42. The number of nitrogens with zero attached hydrogens (tertiary/aromatic N) is 2. The van der Waals surface area contributed by atoms with Crippen molar-refractivity contribution in [2.75, 3.05) is 5.73 Å². The van der Waals surface area contributed by atoms with Crippen molar-refractivity contribution in [3.63, 3.8) is 0 Å². The Morgan fingerprint density at radius 1 is 1.32 bits per heavy atom. The Hall–Kier alpha value is -1.48. The Kier molecular flexibility index (Phi) is 4.15. The number of hydrogen-bond acceptors (Lipinski definition) is 2. The van der Waals surface area contributed by atoms with E-state index in [9.17, 15) is 0 Å². The molecule has 102 valence electrons. The zero-order chi connectivity index (χ0) is 14.0. The van der Waals surface area contributed by atoms with E-state index in [1.165, 1.54) is 5.56 Å². The van der Waals surface area contributed by atoms with Crippen molar-refractivity contribution in [2.24, 2.45) is 7.05 Å². The fourth-order valence-electron chi connectivity index (χ4n) is 2.42. The Balaban J connectivity index is 2.41. The average Bonchev–Trinajstić information content (AvgIpc) is 2.73. The smallest absolute Gasteiger partial charge is 0.129 e. The lowest BCUT2D eigenvalue weighted by atomic mass is 9.92. The Labute approximate surface area is 119 Å². The third-order valence-electron chi connectivity index (χ3n) is 3.72. The van der Waals surface area contributed by atoms with E-state index in [-0.39, 0.29) is 0 Å². The number of rotatable bonds is 4. The van der Waals surface area contributed by atoms with Gasteiger partial charge in [0.15, 0.2) is 0 Å². The standard InChI is InChI=1S/C15H20ClN3/c1-4-10(5-2)12-7-6-11(8-14(12)16)13-9-18-19(3)15(13)17/h6-10H,4-5,17H2,1-3H3. The topological polar surface area (TPSA) is 43.8 Å². The van der Waals surface area contributed by atoms with Crippen LogP contribution in [0, 0.1) is 0 Å². The van der Waals surface area contributed by atoms with Gasteiger partial charge in [-0.2, -0.15) is 5.10 Å². The molecule has 2 rings (SSSR count). The fourth-order valence-corrected chi connectivity index (χ4v) is 2.76. The average molecular weight is 278 g/mol. The van der Waals surface area contributed by atoms with Crippen LogP contribution in [0.15, 0.2) is 24.4 Å². The lowest BCUT2D eigenvalue weighted by Gasteiger charge is -2.15. The minimum Gasteiger partial charge on any atom is -0.383 e. The van der Waals surface area contributed by atoms with Gasteiger partial charge in [0.1, 0.15) is 5.82 Å². The summed E-state index contributed by atoms with van der Waals surface area (Å²) in [5.41, 5.74) is 9.16. The van der Waals surface area contributed by atoms with Crippen LogP contribution in [0.1, 0.15) is 38.2 Å². The molecule has 0 bridgehead atoms. The second-order valence-electron chi connectivity index (χ2n) is 4.82. The van der Waals surface area contributed by atoms with Gasteiger partial charge in [-0.15, -0.1) is 0 Å². The summed E-state index contributed by atoms with van der Waals surface area (Å²) in [5, 5.41) is 4.97. The molecule has 0 saturated heterocycles. The molecule has 0 spiro atoms. The summed E-state index contributed by atoms with van der Waals surface area (Å²) in [4.78, 5) is 0. The lowest BCUT2D eigenvalue weighted by molar-refractivity contribution is 0.642. The minimum atomic E-state index is 0.521. The number of aromatic nitrogens is 2. The zero-order valence-corrected chi connectivity index (χ0v) is 12.4. The molecule has 0 aliphatic carbocycles. The molecule has 1 aromatic heterocycles. The number of nitrogens with two attached hydrogens (primary N) is 1. The summed E-state index contributed by atoms with van der Waals surface area (Å²) in [6.45, 7) is 4.38. The van der Waals surface area contributed by atoms with E-state index in [0.717, 1.165) is 29.0 Å². The van der Waals surface area contributed by atoms with E-state index in [1.807, 2.05) is 13.1 Å². The summed E-state index contributed by atoms with van der Waals surface area (Å²) >= 11 is 6.42. The van der Waals surface area contributed by atoms with Crippen LogP contribution in [-0.4, -0.2) is 9.78 Å². The molecule has 0 saturated carbocycles. The molecule has 2 aromatic rings. The molecule has 4 heteroatoms. The van der Waals surface area contributed by atoms with E-state index in [4.69, 9.17) is 17.3 Å². The lowest BCUT2D eigenvalue weighted by Crippen LogP contribution is -1.99. The first-order chi connectivity index (χ1) is 9.08. The van der Waals surface area contributed by atoms with Gasteiger partial charge in [-0.25, -0.2) is 0 Å². The van der Waals surface area contributed by atoms with Crippen molar-refractivity contribution in [1.29, 1.82) is 0 Å². The van der Waals surface area contributed by atoms with Gasteiger partial charge in [-0.05, 0) is 36.0 Å². The molecular formula is C15H20ClN3. The van der Waals surface area contributed by atoms with Crippen LogP contribution in [0.2, 0.25) is 5.02 Å². The molecule has 0 atom stereocenters. The van der Waals surface area contributed by atoms with Crippen molar-refractivity contribution < 1.29 is 0 Å². The quantitative estimate of drug-likeness (QED) is 0.909. The maximum Gasteiger partial charge on any atom is 0.129 e. The molecule has 3 nitrogen and oxygen atoms in total. The second kappa shape index (κ2) is 5.66. The van der Waals surface area contributed by atoms with Gasteiger partial charge in [0, 0.05) is 17.6 Å². The zero-order valence-electron chi connectivity index (χ0n) is 11.7. The Morgan fingerprint density at radius 3 is 2.47 bits per heavy atom. The molecule has 1 aromatic carbocycles. The maximum atomic E-state index is 6.42. The first-order valence-electron chi connectivity index (χ1n) is 6.65. The number of halogens is 1. The fraction of sp³-hybridized carbons (Fsp3) is 0.400. The predicted octanol–water partition coefficient (Wildman–Crippen LogP) is 4.23. The van der Waals surface area contributed by atoms with Gasteiger partial charge < -0.3 is 5.73 Å². The largest absolute Gasteiger partial charge is 0.383 e. The molecule has 0 radical (unpaired) electrons. The van der Waals surface area contributed by atoms with E-state index in [1.54, 1.807) is 10.9 Å². The Bertz CT molecular complexity index is 571. The van der Waals surface area contributed by atoms with Crippen LogP contribution in [0.25, 0.3) is 11.1 Å². The molecule has 0 aliphatic heterocycles. The monoisotopic (exact) mass is 277 g/mol. The van der Waals surface area contributed by atoms with Gasteiger partial charge >= 0.3 is 0 Å². The number of nitrogen functional groups attached to an aromatic ring is 1. The normalized spacial score (nSPS) is 11.2. The van der Waals surface area contributed by atoms with Crippen LogP contribution in [0.3, 0.4) is 0 Å². The SMILES string of the molecule is CCC(CC)c1ccc(-c2cnn(C)c2N)cc1Cl. The second-order valence-corrected chi connectivity index (χ2v) is 5.22. The molecule has 0 aliphatic rings. The summed E-state index contributed by atoms with van der Waals surface area (Å²) in [7, 11) is 1.83. The third-order valence-corrected chi connectivity index (χ3v) is 4.05. The molecule has 0 unspecified atom stereocenters.